The Morgan fingerprint density at radius 2 is 1.91 bits per heavy atom. The van der Waals surface area contributed by atoms with Gasteiger partial charge in [0.15, 0.2) is 22.5 Å². The Morgan fingerprint density at radius 3 is 2.62 bits per heavy atom. The van der Waals surface area contributed by atoms with E-state index in [9.17, 15) is 14.9 Å². The third kappa shape index (κ3) is 6.25. The molecule has 0 atom stereocenters. The van der Waals surface area contributed by atoms with Gasteiger partial charge in [-0.3, -0.25) is 14.9 Å². The average Bonchev–Trinajstić information content (AvgIpc) is 3.20. The van der Waals surface area contributed by atoms with Gasteiger partial charge in [0.1, 0.15) is 6.61 Å². The van der Waals surface area contributed by atoms with Crippen molar-refractivity contribution in [1.82, 2.24) is 14.8 Å². The van der Waals surface area contributed by atoms with Crippen molar-refractivity contribution >= 4 is 29.0 Å². The number of non-ortho nitro benzene ring substituents is 1. The number of nitrogens with zero attached hydrogens (tertiary/aromatic N) is 4. The molecule has 10 nitrogen and oxygen atoms in total. The molecule has 0 aliphatic heterocycles. The van der Waals surface area contributed by atoms with E-state index in [4.69, 9.17) is 9.47 Å². The molecule has 0 spiro atoms. The van der Waals surface area contributed by atoms with Crippen molar-refractivity contribution in [1.29, 1.82) is 0 Å². The van der Waals surface area contributed by atoms with Gasteiger partial charge in [0.25, 0.3) is 5.69 Å². The first-order valence-corrected chi connectivity index (χ1v) is 11.8. The lowest BCUT2D eigenvalue weighted by atomic mass is 10.2. The molecule has 34 heavy (non-hydrogen) atoms. The summed E-state index contributed by atoms with van der Waals surface area (Å²) in [6.45, 7) is 8.97. The van der Waals surface area contributed by atoms with Gasteiger partial charge in [0.2, 0.25) is 5.91 Å². The van der Waals surface area contributed by atoms with E-state index >= 15 is 0 Å². The van der Waals surface area contributed by atoms with Crippen molar-refractivity contribution in [3.05, 3.63) is 63.5 Å². The van der Waals surface area contributed by atoms with Crippen LogP contribution in [-0.4, -0.2) is 38.0 Å². The molecular formula is C23H27N5O5S. The second kappa shape index (κ2) is 11.5. The summed E-state index contributed by atoms with van der Waals surface area (Å²) in [6.07, 6.45) is 0. The third-order valence-corrected chi connectivity index (χ3v) is 5.87. The monoisotopic (exact) mass is 485 g/mol. The van der Waals surface area contributed by atoms with Crippen molar-refractivity contribution in [3.63, 3.8) is 0 Å². The van der Waals surface area contributed by atoms with Crippen LogP contribution in [0.25, 0.3) is 0 Å². The molecular weight excluding hydrogens is 458 g/mol. The summed E-state index contributed by atoms with van der Waals surface area (Å²) in [4.78, 5) is 23.0. The molecule has 0 saturated heterocycles. The van der Waals surface area contributed by atoms with E-state index < -0.39 is 4.92 Å². The molecule has 11 heteroatoms. The Kier molecular flexibility index (Phi) is 8.47. The van der Waals surface area contributed by atoms with Crippen LogP contribution in [-0.2, 0) is 17.9 Å². The highest BCUT2D eigenvalue weighted by Crippen LogP contribution is 2.29. The van der Waals surface area contributed by atoms with Crippen LogP contribution >= 0.6 is 11.8 Å². The molecule has 180 valence electrons. The number of anilines is 1. The third-order valence-electron chi connectivity index (χ3n) is 4.90. The minimum Gasteiger partial charge on any atom is -0.490 e. The Balaban J connectivity index is 1.63. The zero-order valence-electron chi connectivity index (χ0n) is 19.5. The average molecular weight is 486 g/mol. The zero-order valence-corrected chi connectivity index (χ0v) is 20.3. The van der Waals surface area contributed by atoms with Crippen molar-refractivity contribution < 1.29 is 19.2 Å². The first-order valence-electron chi connectivity index (χ1n) is 10.8. The Labute approximate surface area is 201 Å². The van der Waals surface area contributed by atoms with Crippen LogP contribution in [0.2, 0.25) is 0 Å². The van der Waals surface area contributed by atoms with Crippen molar-refractivity contribution in [2.24, 2.45) is 0 Å². The van der Waals surface area contributed by atoms with E-state index in [0.717, 1.165) is 11.1 Å². The SMILES string of the molecule is CCOc1cc(C)ccc1OCc1nnc(SCC(=O)Nc2cc([N+](=O)[O-])ccc2C)n1CC. The molecule has 1 N–H and O–H groups in total. The van der Waals surface area contributed by atoms with Gasteiger partial charge >= 0.3 is 0 Å². The number of hydrogen-bond donors (Lipinski definition) is 1. The fraction of sp³-hybridized carbons (Fsp3) is 0.348. The quantitative estimate of drug-likeness (QED) is 0.239. The number of aryl methyl sites for hydroxylation is 2. The molecule has 2 aromatic carbocycles. The number of hydrogen-bond acceptors (Lipinski definition) is 8. The van der Waals surface area contributed by atoms with Gasteiger partial charge in [-0.05, 0) is 51.0 Å². The maximum absolute atomic E-state index is 12.5. The molecule has 1 aromatic heterocycles. The predicted octanol–water partition coefficient (Wildman–Crippen LogP) is 4.53. The summed E-state index contributed by atoms with van der Waals surface area (Å²) in [6, 6.07) is 10.1. The fourth-order valence-corrected chi connectivity index (χ4v) is 3.99. The number of carbonyl (C=O) groups excluding carboxylic acids is 1. The summed E-state index contributed by atoms with van der Waals surface area (Å²) in [7, 11) is 0. The number of ether oxygens (including phenoxy) is 2. The van der Waals surface area contributed by atoms with Crippen LogP contribution < -0.4 is 14.8 Å². The van der Waals surface area contributed by atoms with Gasteiger partial charge in [0, 0.05) is 18.7 Å². The first-order chi connectivity index (χ1) is 16.3. The number of carbonyl (C=O) groups is 1. The summed E-state index contributed by atoms with van der Waals surface area (Å²) in [5.74, 6) is 1.71. The van der Waals surface area contributed by atoms with Gasteiger partial charge in [-0.1, -0.05) is 23.9 Å². The lowest BCUT2D eigenvalue weighted by molar-refractivity contribution is -0.384. The van der Waals surface area contributed by atoms with E-state index in [1.807, 2.05) is 43.5 Å². The summed E-state index contributed by atoms with van der Waals surface area (Å²) < 4.78 is 13.5. The molecule has 0 aliphatic rings. The number of rotatable bonds is 11. The summed E-state index contributed by atoms with van der Waals surface area (Å²) in [5.41, 5.74) is 2.14. The maximum Gasteiger partial charge on any atom is 0.271 e. The van der Waals surface area contributed by atoms with Gasteiger partial charge in [-0.25, -0.2) is 0 Å². The first kappa shape index (κ1) is 25.0. The highest BCUT2D eigenvalue weighted by atomic mass is 32.2. The van der Waals surface area contributed by atoms with E-state index in [2.05, 4.69) is 15.5 Å². The molecule has 0 radical (unpaired) electrons. The molecule has 0 saturated carbocycles. The van der Waals surface area contributed by atoms with Crippen molar-refractivity contribution in [2.45, 2.75) is 46.0 Å². The highest BCUT2D eigenvalue weighted by molar-refractivity contribution is 7.99. The molecule has 0 unspecified atom stereocenters. The number of aromatic nitrogens is 3. The van der Waals surface area contributed by atoms with Gasteiger partial charge in [0.05, 0.1) is 23.0 Å². The lowest BCUT2D eigenvalue weighted by Crippen LogP contribution is -2.16. The zero-order chi connectivity index (χ0) is 24.7. The smallest absolute Gasteiger partial charge is 0.271 e. The summed E-state index contributed by atoms with van der Waals surface area (Å²) >= 11 is 1.23. The number of amides is 1. The van der Waals surface area contributed by atoms with E-state index in [0.29, 0.717) is 41.3 Å². The number of nitro groups is 1. The minimum absolute atomic E-state index is 0.0770. The molecule has 3 aromatic rings. The highest BCUT2D eigenvalue weighted by Gasteiger charge is 2.16. The fourth-order valence-electron chi connectivity index (χ4n) is 3.17. The molecule has 0 fully saturated rings. The Bertz CT molecular complexity index is 1180. The number of nitrogens with one attached hydrogen (secondary N) is 1. The second-order valence-corrected chi connectivity index (χ2v) is 8.35. The Hall–Kier alpha value is -3.60. The Morgan fingerprint density at radius 1 is 1.12 bits per heavy atom. The number of benzene rings is 2. The topological polar surface area (TPSA) is 121 Å². The molecule has 1 heterocycles. The van der Waals surface area contributed by atoms with Crippen LogP contribution in [0.5, 0.6) is 11.5 Å². The maximum atomic E-state index is 12.5. The van der Waals surface area contributed by atoms with Crippen LogP contribution in [0.3, 0.4) is 0 Å². The molecule has 0 bridgehead atoms. The minimum atomic E-state index is -0.495. The standard InChI is InChI=1S/C23H27N5O5S/c1-5-27-21(13-33-19-10-7-15(3)11-20(19)32-6-2)25-26-23(27)34-14-22(29)24-18-12-17(28(30)31)9-8-16(18)4/h7-12H,5-6,13-14H2,1-4H3,(H,24,29). The van der Waals surface area contributed by atoms with E-state index in [1.54, 1.807) is 13.0 Å². The predicted molar refractivity (Wildman–Crippen MR) is 130 cm³/mol. The van der Waals surface area contributed by atoms with Crippen LogP contribution in [0.1, 0.15) is 30.8 Å². The van der Waals surface area contributed by atoms with Crippen molar-refractivity contribution in [3.8, 4) is 11.5 Å². The van der Waals surface area contributed by atoms with Gasteiger partial charge < -0.3 is 19.4 Å². The van der Waals surface area contributed by atoms with Crippen LogP contribution in [0.15, 0.2) is 41.6 Å². The van der Waals surface area contributed by atoms with Gasteiger partial charge in [-0.15, -0.1) is 10.2 Å². The van der Waals surface area contributed by atoms with Gasteiger partial charge in [-0.2, -0.15) is 0 Å². The largest absolute Gasteiger partial charge is 0.490 e. The van der Waals surface area contributed by atoms with Crippen LogP contribution in [0, 0.1) is 24.0 Å². The lowest BCUT2D eigenvalue weighted by Gasteiger charge is -2.13. The second-order valence-electron chi connectivity index (χ2n) is 7.41. The van der Waals surface area contributed by atoms with E-state index in [-0.39, 0.29) is 24.0 Å². The normalized spacial score (nSPS) is 10.7. The van der Waals surface area contributed by atoms with Crippen molar-refractivity contribution in [2.75, 3.05) is 17.7 Å². The van der Waals surface area contributed by atoms with Crippen LogP contribution in [0.4, 0.5) is 11.4 Å². The molecule has 3 rings (SSSR count). The molecule has 1 amide bonds. The van der Waals surface area contributed by atoms with E-state index in [1.165, 1.54) is 23.9 Å². The molecule has 0 aliphatic carbocycles. The number of nitro benzene ring substituents is 1. The number of thioether (sulfide) groups is 1. The summed E-state index contributed by atoms with van der Waals surface area (Å²) in [5, 5.41) is 22.7.